The molecular formula is C18H23N5O4. The molecule has 0 aliphatic carbocycles. The number of carbonyl (C=O) groups is 3. The number of carbonyl (C=O) groups excluding carboxylic acids is 3. The third kappa shape index (κ3) is 4.69. The molecule has 2 amide bonds. The predicted molar refractivity (Wildman–Crippen MR) is 99.6 cm³/mol. The lowest BCUT2D eigenvalue weighted by Gasteiger charge is -2.17. The summed E-state index contributed by atoms with van der Waals surface area (Å²) in [7, 11) is 1.48. The molecule has 0 radical (unpaired) electrons. The average Bonchev–Trinajstić information content (AvgIpc) is 2.97. The summed E-state index contributed by atoms with van der Waals surface area (Å²) in [5.41, 5.74) is 5.11. The zero-order valence-corrected chi connectivity index (χ0v) is 15.8. The highest BCUT2D eigenvalue weighted by molar-refractivity contribution is 6.10. The van der Waals surface area contributed by atoms with E-state index < -0.39 is 12.2 Å². The van der Waals surface area contributed by atoms with Gasteiger partial charge in [-0.05, 0) is 37.1 Å². The molecule has 1 heterocycles. The van der Waals surface area contributed by atoms with E-state index >= 15 is 0 Å². The zero-order valence-electron chi connectivity index (χ0n) is 15.8. The Balaban J connectivity index is 2.21. The minimum absolute atomic E-state index is 0.107. The van der Waals surface area contributed by atoms with Crippen molar-refractivity contribution in [2.75, 3.05) is 25.0 Å². The lowest BCUT2D eigenvalue weighted by atomic mass is 9.96. The Morgan fingerprint density at radius 2 is 1.96 bits per heavy atom. The highest BCUT2D eigenvalue weighted by Gasteiger charge is 2.33. The standard InChI is InChI=1S/C18H23N5O4/c1-10-6-14(23-9-15(27-18(23)26)8-20-13(4)24)7-11(2)16(10)17(25)12(3)21-22-19-5/h6-7,15H,3,8-9H2,1-2,4-5H3,(H,19,21)(H,20,24). The largest absolute Gasteiger partial charge is 0.442 e. The van der Waals surface area contributed by atoms with Crippen LogP contribution in [0.5, 0.6) is 0 Å². The van der Waals surface area contributed by atoms with Crippen LogP contribution >= 0.6 is 0 Å². The predicted octanol–water partition coefficient (Wildman–Crippen LogP) is 2.05. The number of ether oxygens (including phenoxy) is 1. The first-order chi connectivity index (χ1) is 12.7. The van der Waals surface area contributed by atoms with E-state index in [0.29, 0.717) is 28.9 Å². The van der Waals surface area contributed by atoms with Gasteiger partial charge in [-0.15, -0.1) is 0 Å². The smallest absolute Gasteiger partial charge is 0.414 e. The Labute approximate surface area is 157 Å². The topological polar surface area (TPSA) is 112 Å². The first kappa shape index (κ1) is 20.1. The fraction of sp³-hybridized carbons (Fsp3) is 0.389. The Hall–Kier alpha value is -3.23. The molecule has 1 fully saturated rings. The normalized spacial score (nSPS) is 16.4. The summed E-state index contributed by atoms with van der Waals surface area (Å²) in [6.07, 6.45) is -0.913. The summed E-state index contributed by atoms with van der Waals surface area (Å²) in [5, 5.41) is 9.72. The number of hydrogen-bond donors (Lipinski definition) is 2. The zero-order chi connectivity index (χ0) is 20.1. The van der Waals surface area contributed by atoms with Gasteiger partial charge >= 0.3 is 6.09 Å². The van der Waals surface area contributed by atoms with E-state index in [9.17, 15) is 14.4 Å². The van der Waals surface area contributed by atoms with Crippen molar-refractivity contribution >= 4 is 23.5 Å². The van der Waals surface area contributed by atoms with Crippen molar-refractivity contribution in [2.24, 2.45) is 10.3 Å². The van der Waals surface area contributed by atoms with Gasteiger partial charge < -0.3 is 10.1 Å². The van der Waals surface area contributed by atoms with Gasteiger partial charge in [0, 0.05) is 18.2 Å². The van der Waals surface area contributed by atoms with Crippen molar-refractivity contribution in [2.45, 2.75) is 26.9 Å². The molecule has 2 rings (SSSR count). The van der Waals surface area contributed by atoms with Crippen molar-refractivity contribution in [3.05, 3.63) is 41.1 Å². The average molecular weight is 373 g/mol. The molecule has 9 heteroatoms. The maximum Gasteiger partial charge on any atom is 0.414 e. The van der Waals surface area contributed by atoms with Crippen LogP contribution in [0.3, 0.4) is 0 Å². The van der Waals surface area contributed by atoms with Gasteiger partial charge in [-0.3, -0.25) is 19.9 Å². The molecule has 1 atom stereocenters. The summed E-state index contributed by atoms with van der Waals surface area (Å²) < 4.78 is 5.28. The van der Waals surface area contributed by atoms with Crippen molar-refractivity contribution in [3.63, 3.8) is 0 Å². The van der Waals surface area contributed by atoms with E-state index in [2.05, 4.69) is 27.7 Å². The number of benzene rings is 1. The third-order valence-corrected chi connectivity index (χ3v) is 4.07. The van der Waals surface area contributed by atoms with Gasteiger partial charge in [-0.25, -0.2) is 4.79 Å². The van der Waals surface area contributed by atoms with Crippen LogP contribution in [0.1, 0.15) is 28.4 Å². The van der Waals surface area contributed by atoms with Gasteiger partial charge in [0.1, 0.15) is 6.10 Å². The molecule has 27 heavy (non-hydrogen) atoms. The van der Waals surface area contributed by atoms with E-state index in [4.69, 9.17) is 4.74 Å². The van der Waals surface area contributed by atoms with Crippen LogP contribution in [-0.2, 0) is 9.53 Å². The number of aryl methyl sites for hydroxylation is 2. The number of hydrogen-bond acceptors (Lipinski definition) is 6. The Kier molecular flexibility index (Phi) is 6.27. The van der Waals surface area contributed by atoms with E-state index in [1.807, 2.05) is 0 Å². The summed E-state index contributed by atoms with van der Waals surface area (Å²) in [5.74, 6) is -0.480. The van der Waals surface area contributed by atoms with Crippen LogP contribution in [0.25, 0.3) is 0 Å². The third-order valence-electron chi connectivity index (χ3n) is 4.07. The Morgan fingerprint density at radius 1 is 1.33 bits per heavy atom. The molecule has 0 saturated carbocycles. The van der Waals surface area contributed by atoms with Gasteiger partial charge in [0.2, 0.25) is 11.7 Å². The first-order valence-corrected chi connectivity index (χ1v) is 8.36. The minimum atomic E-state index is -0.488. The van der Waals surface area contributed by atoms with Crippen molar-refractivity contribution in [3.8, 4) is 0 Å². The number of amides is 2. The van der Waals surface area contributed by atoms with Gasteiger partial charge in [-0.2, -0.15) is 5.11 Å². The highest BCUT2D eigenvalue weighted by Crippen LogP contribution is 2.28. The molecule has 144 valence electrons. The van der Waals surface area contributed by atoms with Crippen LogP contribution in [0, 0.1) is 13.8 Å². The fourth-order valence-electron chi connectivity index (χ4n) is 2.86. The molecule has 1 aromatic carbocycles. The summed E-state index contributed by atoms with van der Waals surface area (Å²) in [4.78, 5) is 37.3. The Morgan fingerprint density at radius 3 is 2.52 bits per heavy atom. The maximum atomic E-state index is 12.6. The molecule has 9 nitrogen and oxygen atoms in total. The second-order valence-electron chi connectivity index (χ2n) is 6.23. The van der Waals surface area contributed by atoms with Crippen molar-refractivity contribution in [1.29, 1.82) is 0 Å². The molecule has 0 spiro atoms. The van der Waals surface area contributed by atoms with E-state index in [1.165, 1.54) is 18.9 Å². The summed E-state index contributed by atoms with van der Waals surface area (Å²) >= 11 is 0. The second-order valence-corrected chi connectivity index (χ2v) is 6.23. The summed E-state index contributed by atoms with van der Waals surface area (Å²) in [6, 6.07) is 3.49. The lowest BCUT2D eigenvalue weighted by molar-refractivity contribution is -0.119. The molecule has 1 aliphatic heterocycles. The molecule has 1 unspecified atom stereocenters. The number of ketones is 1. The molecule has 1 saturated heterocycles. The maximum absolute atomic E-state index is 12.6. The molecule has 0 bridgehead atoms. The monoisotopic (exact) mass is 373 g/mol. The summed E-state index contributed by atoms with van der Waals surface area (Å²) in [6.45, 7) is 9.22. The van der Waals surface area contributed by atoms with E-state index in [1.54, 1.807) is 26.0 Å². The molecule has 1 aromatic rings. The second kappa shape index (κ2) is 8.43. The minimum Gasteiger partial charge on any atom is -0.442 e. The van der Waals surface area contributed by atoms with Gasteiger partial charge in [0.25, 0.3) is 0 Å². The molecule has 2 N–H and O–H groups in total. The van der Waals surface area contributed by atoms with Crippen molar-refractivity contribution < 1.29 is 19.1 Å². The number of allylic oxidation sites excluding steroid dienone is 1. The lowest BCUT2D eigenvalue weighted by Crippen LogP contribution is -2.33. The number of rotatable bonds is 7. The SMILES string of the molecule is C=C(NN=NC)C(=O)c1c(C)cc(N2CC(CNC(C)=O)OC2=O)cc1C. The molecule has 0 aromatic heterocycles. The van der Waals surface area contributed by atoms with Gasteiger partial charge in [0.15, 0.2) is 0 Å². The van der Waals surface area contributed by atoms with Crippen LogP contribution < -0.4 is 15.6 Å². The fourth-order valence-corrected chi connectivity index (χ4v) is 2.86. The van der Waals surface area contributed by atoms with Crippen LogP contribution in [0.2, 0.25) is 0 Å². The number of anilines is 1. The molecule has 1 aliphatic rings. The van der Waals surface area contributed by atoms with Gasteiger partial charge in [-0.1, -0.05) is 11.8 Å². The van der Waals surface area contributed by atoms with Gasteiger partial charge in [0.05, 0.1) is 25.8 Å². The van der Waals surface area contributed by atoms with E-state index in [0.717, 1.165) is 0 Å². The molecular weight excluding hydrogens is 350 g/mol. The quantitative estimate of drug-likeness (QED) is 0.329. The van der Waals surface area contributed by atoms with Crippen LogP contribution in [0.15, 0.2) is 34.7 Å². The van der Waals surface area contributed by atoms with Crippen LogP contribution in [-0.4, -0.2) is 44.0 Å². The van der Waals surface area contributed by atoms with E-state index in [-0.39, 0.29) is 23.9 Å². The number of Topliss-reactive ketones (excluding diaryl/α,β-unsaturated/α-hetero) is 1. The number of nitrogens with one attached hydrogen (secondary N) is 2. The number of nitrogens with zero attached hydrogens (tertiary/aromatic N) is 3. The highest BCUT2D eigenvalue weighted by atomic mass is 16.6. The van der Waals surface area contributed by atoms with Crippen LogP contribution in [0.4, 0.5) is 10.5 Å². The number of cyclic esters (lactones) is 1. The Bertz CT molecular complexity index is 795. The van der Waals surface area contributed by atoms with Crippen molar-refractivity contribution in [1.82, 2.24) is 10.7 Å². The first-order valence-electron chi connectivity index (χ1n) is 8.36.